The molecule has 1 saturated carbocycles. The van der Waals surface area contributed by atoms with Gasteiger partial charge in [0.25, 0.3) is 0 Å². The Kier molecular flexibility index (Phi) is 5.00. The van der Waals surface area contributed by atoms with Crippen molar-refractivity contribution < 1.29 is 19.1 Å². The SMILES string of the molecule is O=C(CSc1ccc(F)cc1)N[C@H]1CC[C@@H](C(=O)O)C1. The maximum Gasteiger partial charge on any atom is 0.306 e. The van der Waals surface area contributed by atoms with E-state index in [9.17, 15) is 14.0 Å². The van der Waals surface area contributed by atoms with Crippen molar-refractivity contribution in [2.24, 2.45) is 5.92 Å². The van der Waals surface area contributed by atoms with Crippen molar-refractivity contribution >= 4 is 23.6 Å². The maximum atomic E-state index is 12.7. The lowest BCUT2D eigenvalue weighted by Gasteiger charge is -2.12. The van der Waals surface area contributed by atoms with Crippen molar-refractivity contribution in [3.8, 4) is 0 Å². The van der Waals surface area contributed by atoms with Crippen LogP contribution in [0.15, 0.2) is 29.2 Å². The second-order valence-corrected chi connectivity index (χ2v) is 5.90. The molecule has 0 bridgehead atoms. The van der Waals surface area contributed by atoms with E-state index < -0.39 is 5.97 Å². The van der Waals surface area contributed by atoms with Crippen molar-refractivity contribution in [1.29, 1.82) is 0 Å². The van der Waals surface area contributed by atoms with E-state index in [4.69, 9.17) is 5.11 Å². The van der Waals surface area contributed by atoms with Crippen LogP contribution >= 0.6 is 11.8 Å². The number of benzene rings is 1. The molecule has 2 N–H and O–H groups in total. The minimum Gasteiger partial charge on any atom is -0.481 e. The zero-order valence-corrected chi connectivity index (χ0v) is 11.7. The highest BCUT2D eigenvalue weighted by Crippen LogP contribution is 2.26. The zero-order valence-electron chi connectivity index (χ0n) is 10.8. The van der Waals surface area contributed by atoms with Gasteiger partial charge in [-0.15, -0.1) is 11.8 Å². The van der Waals surface area contributed by atoms with Crippen molar-refractivity contribution in [2.75, 3.05) is 5.75 Å². The van der Waals surface area contributed by atoms with Crippen LogP contribution in [0.2, 0.25) is 0 Å². The number of carbonyl (C=O) groups excluding carboxylic acids is 1. The molecule has 2 atom stereocenters. The molecule has 1 aromatic carbocycles. The molecule has 0 radical (unpaired) electrons. The van der Waals surface area contributed by atoms with Crippen LogP contribution < -0.4 is 5.32 Å². The summed E-state index contributed by atoms with van der Waals surface area (Å²) in [6.07, 6.45) is 1.83. The van der Waals surface area contributed by atoms with E-state index in [1.165, 1.54) is 23.9 Å². The molecule has 0 saturated heterocycles. The van der Waals surface area contributed by atoms with Gasteiger partial charge in [-0.2, -0.15) is 0 Å². The number of nitrogens with one attached hydrogen (secondary N) is 1. The number of thioether (sulfide) groups is 1. The summed E-state index contributed by atoms with van der Waals surface area (Å²) >= 11 is 1.33. The minimum absolute atomic E-state index is 0.0441. The monoisotopic (exact) mass is 297 g/mol. The molecule has 1 aliphatic carbocycles. The third-order valence-electron chi connectivity index (χ3n) is 3.33. The topological polar surface area (TPSA) is 66.4 Å². The first-order valence-electron chi connectivity index (χ1n) is 6.45. The van der Waals surface area contributed by atoms with Gasteiger partial charge in [0.1, 0.15) is 5.82 Å². The van der Waals surface area contributed by atoms with Gasteiger partial charge in [-0.1, -0.05) is 0 Å². The number of carboxylic acid groups (broad SMARTS) is 1. The summed E-state index contributed by atoms with van der Waals surface area (Å²) in [5.74, 6) is -1.30. The normalized spacial score (nSPS) is 21.6. The van der Waals surface area contributed by atoms with Gasteiger partial charge in [-0.05, 0) is 43.5 Å². The summed E-state index contributed by atoms with van der Waals surface area (Å²) < 4.78 is 12.7. The van der Waals surface area contributed by atoms with Gasteiger partial charge in [0.2, 0.25) is 5.91 Å². The van der Waals surface area contributed by atoms with Gasteiger partial charge >= 0.3 is 5.97 Å². The van der Waals surface area contributed by atoms with Crippen LogP contribution in [0.25, 0.3) is 0 Å². The molecule has 0 unspecified atom stereocenters. The predicted molar refractivity (Wildman–Crippen MR) is 74.0 cm³/mol. The lowest BCUT2D eigenvalue weighted by molar-refractivity contribution is -0.141. The Bertz CT molecular complexity index is 492. The summed E-state index contributed by atoms with van der Waals surface area (Å²) in [5, 5.41) is 11.7. The molecule has 4 nitrogen and oxygen atoms in total. The fourth-order valence-corrected chi connectivity index (χ4v) is 3.00. The third kappa shape index (κ3) is 4.23. The fourth-order valence-electron chi connectivity index (χ4n) is 2.29. The number of carboxylic acids is 1. The molecular weight excluding hydrogens is 281 g/mol. The quantitative estimate of drug-likeness (QED) is 0.818. The van der Waals surface area contributed by atoms with Crippen LogP contribution in [0.1, 0.15) is 19.3 Å². The number of hydrogen-bond donors (Lipinski definition) is 2. The highest BCUT2D eigenvalue weighted by atomic mass is 32.2. The second kappa shape index (κ2) is 6.74. The summed E-state index contributed by atoms with van der Waals surface area (Å²) in [5.41, 5.74) is 0. The van der Waals surface area contributed by atoms with Crippen LogP contribution in [0.5, 0.6) is 0 Å². The Morgan fingerprint density at radius 2 is 2.00 bits per heavy atom. The Balaban J connectivity index is 1.73. The van der Waals surface area contributed by atoms with Gasteiger partial charge in [-0.25, -0.2) is 4.39 Å². The van der Waals surface area contributed by atoms with E-state index in [1.807, 2.05) is 0 Å². The Hall–Kier alpha value is -1.56. The molecule has 1 aliphatic rings. The van der Waals surface area contributed by atoms with E-state index in [0.717, 1.165) is 4.90 Å². The van der Waals surface area contributed by atoms with E-state index in [0.29, 0.717) is 19.3 Å². The first kappa shape index (κ1) is 14.8. The lowest BCUT2D eigenvalue weighted by Crippen LogP contribution is -2.34. The fraction of sp³-hybridized carbons (Fsp3) is 0.429. The van der Waals surface area contributed by atoms with Crippen LogP contribution in [-0.2, 0) is 9.59 Å². The molecule has 2 rings (SSSR count). The van der Waals surface area contributed by atoms with Crippen molar-refractivity contribution in [1.82, 2.24) is 5.32 Å². The first-order valence-corrected chi connectivity index (χ1v) is 7.43. The highest BCUT2D eigenvalue weighted by Gasteiger charge is 2.30. The molecular formula is C14H16FNO3S. The molecule has 0 spiro atoms. The molecule has 1 fully saturated rings. The van der Waals surface area contributed by atoms with Gasteiger partial charge in [0.05, 0.1) is 11.7 Å². The van der Waals surface area contributed by atoms with E-state index >= 15 is 0 Å². The van der Waals surface area contributed by atoms with E-state index in [1.54, 1.807) is 12.1 Å². The summed E-state index contributed by atoms with van der Waals surface area (Å²) in [7, 11) is 0. The maximum absolute atomic E-state index is 12.7. The molecule has 6 heteroatoms. The lowest BCUT2D eigenvalue weighted by atomic mass is 10.1. The van der Waals surface area contributed by atoms with Crippen molar-refractivity contribution in [3.63, 3.8) is 0 Å². The van der Waals surface area contributed by atoms with E-state index in [-0.39, 0.29) is 29.4 Å². The number of halogens is 1. The summed E-state index contributed by atoms with van der Waals surface area (Å²) in [6, 6.07) is 5.92. The first-order chi connectivity index (χ1) is 9.54. The third-order valence-corrected chi connectivity index (χ3v) is 4.34. The highest BCUT2D eigenvalue weighted by molar-refractivity contribution is 8.00. The molecule has 1 amide bonds. The second-order valence-electron chi connectivity index (χ2n) is 4.86. The largest absolute Gasteiger partial charge is 0.481 e. The number of aliphatic carboxylic acids is 1. The average Bonchev–Trinajstić information content (AvgIpc) is 2.87. The van der Waals surface area contributed by atoms with Crippen LogP contribution in [0.4, 0.5) is 4.39 Å². The smallest absolute Gasteiger partial charge is 0.306 e. The molecule has 108 valence electrons. The molecule has 0 aromatic heterocycles. The number of carbonyl (C=O) groups is 2. The predicted octanol–water partition coefficient (Wildman–Crippen LogP) is 2.29. The standard InChI is InChI=1S/C14H16FNO3S/c15-10-2-5-12(6-3-10)20-8-13(17)16-11-4-1-9(7-11)14(18)19/h2-3,5-6,9,11H,1,4,7-8H2,(H,16,17)(H,18,19)/t9-,11+/m1/s1. The molecule has 0 aliphatic heterocycles. The number of rotatable bonds is 5. The molecule has 0 heterocycles. The zero-order chi connectivity index (χ0) is 14.5. The number of amides is 1. The van der Waals surface area contributed by atoms with Crippen molar-refractivity contribution in [3.05, 3.63) is 30.1 Å². The van der Waals surface area contributed by atoms with Gasteiger partial charge in [0, 0.05) is 10.9 Å². The van der Waals surface area contributed by atoms with Crippen LogP contribution in [0.3, 0.4) is 0 Å². The van der Waals surface area contributed by atoms with E-state index in [2.05, 4.69) is 5.32 Å². The van der Waals surface area contributed by atoms with Crippen molar-refractivity contribution in [2.45, 2.75) is 30.2 Å². The molecule has 20 heavy (non-hydrogen) atoms. The number of hydrogen-bond acceptors (Lipinski definition) is 3. The van der Waals surface area contributed by atoms with Crippen LogP contribution in [0, 0.1) is 11.7 Å². The van der Waals surface area contributed by atoms with Gasteiger partial charge in [-0.3, -0.25) is 9.59 Å². The molecule has 1 aromatic rings. The van der Waals surface area contributed by atoms with Gasteiger partial charge in [0.15, 0.2) is 0 Å². The van der Waals surface area contributed by atoms with Crippen LogP contribution in [-0.4, -0.2) is 28.8 Å². The van der Waals surface area contributed by atoms with Gasteiger partial charge < -0.3 is 10.4 Å². The Morgan fingerprint density at radius 1 is 1.30 bits per heavy atom. The minimum atomic E-state index is -0.789. The summed E-state index contributed by atoms with van der Waals surface area (Å²) in [6.45, 7) is 0. The average molecular weight is 297 g/mol. The Labute approximate surface area is 120 Å². The summed E-state index contributed by atoms with van der Waals surface area (Å²) in [4.78, 5) is 23.4. The Morgan fingerprint density at radius 3 is 2.60 bits per heavy atom.